The minimum Gasteiger partial charge on any atom is -0.465 e. The van der Waals surface area contributed by atoms with Crippen molar-refractivity contribution in [2.45, 2.75) is 65.3 Å². The largest absolute Gasteiger partial charge is 0.465 e. The van der Waals surface area contributed by atoms with Gasteiger partial charge in [-0.2, -0.15) is 4.99 Å². The number of nitrogens with zero attached hydrogens (tertiary/aromatic N) is 2. The summed E-state index contributed by atoms with van der Waals surface area (Å²) in [5.41, 5.74) is 1.93. The van der Waals surface area contributed by atoms with Gasteiger partial charge in [-0.1, -0.05) is 24.3 Å². The zero-order valence-electron chi connectivity index (χ0n) is 17.9. The lowest BCUT2D eigenvalue weighted by Crippen LogP contribution is -2.50. The number of hydrogen-bond acceptors (Lipinski definition) is 4. The normalized spacial score (nSPS) is 30.2. The van der Waals surface area contributed by atoms with E-state index in [0.717, 1.165) is 35.9 Å². The number of carbonyl (C=O) groups excluding carboxylic acids is 2. The van der Waals surface area contributed by atoms with Gasteiger partial charge in [0.15, 0.2) is 4.80 Å². The van der Waals surface area contributed by atoms with Crippen LogP contribution in [0.4, 0.5) is 0 Å². The third kappa shape index (κ3) is 3.43. The molecule has 4 saturated carbocycles. The zero-order valence-corrected chi connectivity index (χ0v) is 18.7. The van der Waals surface area contributed by atoms with Crippen molar-refractivity contribution in [1.82, 2.24) is 4.57 Å². The Hall–Kier alpha value is -1.95. The number of thiazole rings is 1. The number of aryl methyl sites for hydroxylation is 1. The predicted octanol–water partition coefficient (Wildman–Crippen LogP) is 4.47. The van der Waals surface area contributed by atoms with Gasteiger partial charge in [0.25, 0.3) is 5.91 Å². The summed E-state index contributed by atoms with van der Waals surface area (Å²) in [5, 5.41) is 0. The fourth-order valence-corrected chi connectivity index (χ4v) is 7.58. The summed E-state index contributed by atoms with van der Waals surface area (Å²) >= 11 is 1.51. The summed E-state index contributed by atoms with van der Waals surface area (Å²) in [6.07, 6.45) is 7.87. The molecule has 4 fully saturated rings. The Labute approximate surface area is 181 Å². The lowest BCUT2D eigenvalue weighted by atomic mass is 9.49. The van der Waals surface area contributed by atoms with E-state index in [1.165, 1.54) is 36.2 Å². The minimum absolute atomic E-state index is 0.0430. The molecule has 1 aromatic heterocycles. The third-order valence-electron chi connectivity index (χ3n) is 7.44. The molecule has 0 spiro atoms. The quantitative estimate of drug-likeness (QED) is 0.663. The predicted molar refractivity (Wildman–Crippen MR) is 117 cm³/mol. The van der Waals surface area contributed by atoms with Crippen molar-refractivity contribution in [3.05, 3.63) is 28.6 Å². The van der Waals surface area contributed by atoms with Crippen molar-refractivity contribution >= 4 is 33.4 Å². The molecule has 4 bridgehead atoms. The Morgan fingerprint density at radius 1 is 1.13 bits per heavy atom. The fourth-order valence-electron chi connectivity index (χ4n) is 6.49. The Morgan fingerprint density at radius 2 is 1.80 bits per heavy atom. The average molecular weight is 427 g/mol. The number of esters is 1. The van der Waals surface area contributed by atoms with Gasteiger partial charge in [-0.25, -0.2) is 0 Å². The Balaban J connectivity index is 1.56. The van der Waals surface area contributed by atoms with Gasteiger partial charge in [0.1, 0.15) is 6.54 Å². The summed E-state index contributed by atoms with van der Waals surface area (Å²) in [6.45, 7) is 4.37. The SMILES string of the molecule is CCOC(=O)Cn1c(=NC(=O)C23CC4CC(CC(C4)C2)C3)sc2cc(CC)ccc21. The molecule has 0 saturated heterocycles. The number of fused-ring (bicyclic) bond motifs is 1. The van der Waals surface area contributed by atoms with E-state index in [0.29, 0.717) is 29.2 Å². The van der Waals surface area contributed by atoms with E-state index in [2.05, 4.69) is 24.0 Å². The van der Waals surface area contributed by atoms with Gasteiger partial charge < -0.3 is 9.30 Å². The Bertz CT molecular complexity index is 1030. The molecule has 1 amide bonds. The van der Waals surface area contributed by atoms with E-state index in [1.54, 1.807) is 0 Å². The van der Waals surface area contributed by atoms with Gasteiger partial charge in [0.05, 0.1) is 22.2 Å². The van der Waals surface area contributed by atoms with Crippen LogP contribution in [-0.4, -0.2) is 23.1 Å². The van der Waals surface area contributed by atoms with Crippen LogP contribution in [0.25, 0.3) is 10.2 Å². The van der Waals surface area contributed by atoms with E-state index in [4.69, 9.17) is 4.74 Å². The van der Waals surface area contributed by atoms with Gasteiger partial charge in [-0.05, 0) is 87.3 Å². The molecule has 6 rings (SSSR count). The molecule has 1 heterocycles. The van der Waals surface area contributed by atoms with Crippen LogP contribution in [0.1, 0.15) is 57.9 Å². The van der Waals surface area contributed by atoms with Crippen LogP contribution in [0, 0.1) is 23.2 Å². The highest BCUT2D eigenvalue weighted by molar-refractivity contribution is 7.16. The zero-order chi connectivity index (χ0) is 20.9. The molecule has 2 aromatic rings. The van der Waals surface area contributed by atoms with Crippen molar-refractivity contribution in [2.24, 2.45) is 28.2 Å². The summed E-state index contributed by atoms with van der Waals surface area (Å²) in [4.78, 5) is 31.1. The first-order valence-electron chi connectivity index (χ1n) is 11.4. The molecular formula is C24H30N2O3S. The van der Waals surface area contributed by atoms with Crippen LogP contribution in [0.5, 0.6) is 0 Å². The van der Waals surface area contributed by atoms with E-state index < -0.39 is 0 Å². The maximum Gasteiger partial charge on any atom is 0.326 e. The maximum absolute atomic E-state index is 13.5. The number of hydrogen-bond donors (Lipinski definition) is 0. The van der Waals surface area contributed by atoms with Crippen molar-refractivity contribution in [2.75, 3.05) is 6.61 Å². The number of aromatic nitrogens is 1. The number of benzene rings is 1. The summed E-state index contributed by atoms with van der Waals surface area (Å²) in [5.74, 6) is 1.87. The topological polar surface area (TPSA) is 60.7 Å². The number of carbonyl (C=O) groups is 2. The first-order valence-corrected chi connectivity index (χ1v) is 12.2. The van der Waals surface area contributed by atoms with E-state index in [9.17, 15) is 9.59 Å². The van der Waals surface area contributed by atoms with Crippen LogP contribution in [0.15, 0.2) is 23.2 Å². The maximum atomic E-state index is 13.5. The molecule has 6 heteroatoms. The lowest BCUT2D eigenvalue weighted by Gasteiger charge is -2.55. The van der Waals surface area contributed by atoms with E-state index in [1.807, 2.05) is 17.6 Å². The molecule has 1 aromatic carbocycles. The van der Waals surface area contributed by atoms with Gasteiger partial charge >= 0.3 is 5.97 Å². The standard InChI is InChI=1S/C24H30N2O3S/c1-3-15-5-6-19-20(10-15)30-23(26(19)14-21(27)29-4-2)25-22(28)24-11-16-7-17(12-24)9-18(8-16)13-24/h5-6,10,16-18H,3-4,7-9,11-14H2,1-2H3. The molecular weight excluding hydrogens is 396 g/mol. The smallest absolute Gasteiger partial charge is 0.326 e. The third-order valence-corrected chi connectivity index (χ3v) is 8.48. The van der Waals surface area contributed by atoms with Gasteiger partial charge in [0.2, 0.25) is 0 Å². The van der Waals surface area contributed by atoms with Crippen LogP contribution in [0.2, 0.25) is 0 Å². The average Bonchev–Trinajstić information content (AvgIpc) is 3.03. The second-order valence-electron chi connectivity index (χ2n) is 9.55. The molecule has 0 unspecified atom stereocenters. The Morgan fingerprint density at radius 3 is 2.40 bits per heavy atom. The van der Waals surface area contributed by atoms with Crippen LogP contribution in [-0.2, 0) is 27.3 Å². The first kappa shape index (κ1) is 20.0. The molecule has 30 heavy (non-hydrogen) atoms. The van der Waals surface area contributed by atoms with Crippen molar-refractivity contribution < 1.29 is 14.3 Å². The van der Waals surface area contributed by atoms with Crippen LogP contribution >= 0.6 is 11.3 Å². The molecule has 0 aliphatic heterocycles. The second-order valence-corrected chi connectivity index (χ2v) is 10.6. The van der Waals surface area contributed by atoms with Crippen molar-refractivity contribution in [1.29, 1.82) is 0 Å². The fraction of sp³-hybridized carbons (Fsp3) is 0.625. The second kappa shape index (κ2) is 7.63. The van der Waals surface area contributed by atoms with E-state index in [-0.39, 0.29) is 23.8 Å². The van der Waals surface area contributed by atoms with Crippen LogP contribution < -0.4 is 4.80 Å². The highest BCUT2D eigenvalue weighted by Gasteiger charge is 2.54. The molecule has 0 radical (unpaired) electrons. The van der Waals surface area contributed by atoms with Crippen LogP contribution in [0.3, 0.4) is 0 Å². The molecule has 4 aliphatic rings. The summed E-state index contributed by atoms with van der Waals surface area (Å²) in [6, 6.07) is 6.27. The first-order chi connectivity index (χ1) is 14.5. The Kier molecular flexibility index (Phi) is 5.08. The minimum atomic E-state index is -0.291. The van der Waals surface area contributed by atoms with E-state index >= 15 is 0 Å². The highest BCUT2D eigenvalue weighted by atomic mass is 32.1. The lowest BCUT2D eigenvalue weighted by molar-refractivity contribution is -0.144. The summed E-state index contributed by atoms with van der Waals surface area (Å²) in [7, 11) is 0. The molecule has 160 valence electrons. The monoisotopic (exact) mass is 426 g/mol. The highest BCUT2D eigenvalue weighted by Crippen LogP contribution is 2.60. The molecule has 0 N–H and O–H groups in total. The molecule has 5 nitrogen and oxygen atoms in total. The number of amides is 1. The van der Waals surface area contributed by atoms with Gasteiger partial charge in [0, 0.05) is 0 Å². The van der Waals surface area contributed by atoms with Gasteiger partial charge in [-0.3, -0.25) is 9.59 Å². The molecule has 0 atom stereocenters. The number of ether oxygens (including phenoxy) is 1. The summed E-state index contributed by atoms with van der Waals surface area (Å²) < 4.78 is 8.12. The van der Waals surface area contributed by atoms with Crippen molar-refractivity contribution in [3.8, 4) is 0 Å². The molecule has 4 aliphatic carbocycles. The number of rotatable bonds is 5. The van der Waals surface area contributed by atoms with Gasteiger partial charge in [-0.15, -0.1) is 0 Å². The van der Waals surface area contributed by atoms with Crippen molar-refractivity contribution in [3.63, 3.8) is 0 Å².